The van der Waals surface area contributed by atoms with E-state index in [0.717, 1.165) is 4.90 Å². The Morgan fingerprint density at radius 1 is 1.23 bits per heavy atom. The van der Waals surface area contributed by atoms with Gasteiger partial charge in [-0.3, -0.25) is 19.9 Å². The highest BCUT2D eigenvalue weighted by molar-refractivity contribution is 14.1. The molecular weight excluding hydrogens is 401 g/mol. The standard InChI is InChI=1S/C14H8IN3O4/c15-11-4-3-9(22-11)6-10-12(19)17-14(21)18(13(10)20)8-2-1-5-16-7-8/h1-7H,(H,17,19,21)/b10-6+. The third-order valence-corrected chi connectivity index (χ3v) is 3.47. The number of furan rings is 1. The van der Waals surface area contributed by atoms with Gasteiger partial charge in [-0.1, -0.05) is 0 Å². The molecule has 1 aliphatic rings. The molecule has 22 heavy (non-hydrogen) atoms. The van der Waals surface area contributed by atoms with Crippen molar-refractivity contribution in [2.75, 3.05) is 4.90 Å². The van der Waals surface area contributed by atoms with Crippen molar-refractivity contribution in [3.8, 4) is 0 Å². The lowest BCUT2D eigenvalue weighted by atomic mass is 10.1. The van der Waals surface area contributed by atoms with E-state index in [1.54, 1.807) is 24.3 Å². The van der Waals surface area contributed by atoms with E-state index in [-0.39, 0.29) is 11.3 Å². The summed E-state index contributed by atoms with van der Waals surface area (Å²) in [4.78, 5) is 41.0. The molecule has 8 heteroatoms. The SMILES string of the molecule is O=C1NC(=O)N(c2cccnc2)C(=O)/C1=C/c1ccc(I)o1. The number of nitrogens with one attached hydrogen (secondary N) is 1. The van der Waals surface area contributed by atoms with Crippen molar-refractivity contribution in [2.45, 2.75) is 0 Å². The summed E-state index contributed by atoms with van der Waals surface area (Å²) in [6.45, 7) is 0. The Morgan fingerprint density at radius 3 is 2.68 bits per heavy atom. The quantitative estimate of drug-likeness (QED) is 0.465. The van der Waals surface area contributed by atoms with Crippen LogP contribution in [0.5, 0.6) is 0 Å². The first-order valence-electron chi connectivity index (χ1n) is 6.13. The molecular formula is C14H8IN3O4. The van der Waals surface area contributed by atoms with E-state index in [2.05, 4.69) is 10.3 Å². The number of rotatable bonds is 2. The summed E-state index contributed by atoms with van der Waals surface area (Å²) in [5, 5.41) is 2.12. The highest BCUT2D eigenvalue weighted by Crippen LogP contribution is 2.21. The Kier molecular flexibility index (Phi) is 3.75. The van der Waals surface area contributed by atoms with Crippen molar-refractivity contribution in [3.63, 3.8) is 0 Å². The maximum atomic E-state index is 12.5. The van der Waals surface area contributed by atoms with Gasteiger partial charge in [0.05, 0.1) is 11.9 Å². The minimum absolute atomic E-state index is 0.186. The van der Waals surface area contributed by atoms with Crippen LogP contribution in [0.3, 0.4) is 0 Å². The minimum Gasteiger partial charge on any atom is -0.451 e. The second-order valence-corrected chi connectivity index (χ2v) is 5.37. The van der Waals surface area contributed by atoms with Crippen LogP contribution < -0.4 is 10.2 Å². The fraction of sp³-hybridized carbons (Fsp3) is 0. The fourth-order valence-corrected chi connectivity index (χ4v) is 2.36. The Balaban J connectivity index is 2.01. The van der Waals surface area contributed by atoms with E-state index >= 15 is 0 Å². The summed E-state index contributed by atoms with van der Waals surface area (Å²) in [6, 6.07) is 5.65. The number of pyridine rings is 1. The number of carbonyl (C=O) groups excluding carboxylic acids is 3. The number of urea groups is 1. The number of imide groups is 2. The van der Waals surface area contributed by atoms with E-state index in [1.807, 2.05) is 22.6 Å². The van der Waals surface area contributed by atoms with Crippen LogP contribution in [0.15, 0.2) is 46.6 Å². The monoisotopic (exact) mass is 409 g/mol. The largest absolute Gasteiger partial charge is 0.451 e. The lowest BCUT2D eigenvalue weighted by Gasteiger charge is -2.25. The van der Waals surface area contributed by atoms with Crippen molar-refractivity contribution >= 4 is 52.2 Å². The zero-order chi connectivity index (χ0) is 15.7. The molecule has 0 aliphatic carbocycles. The zero-order valence-corrected chi connectivity index (χ0v) is 13.1. The van der Waals surface area contributed by atoms with E-state index in [1.165, 1.54) is 18.5 Å². The van der Waals surface area contributed by atoms with Crippen LogP contribution >= 0.6 is 22.6 Å². The van der Waals surface area contributed by atoms with Gasteiger partial charge >= 0.3 is 6.03 Å². The molecule has 2 aromatic rings. The molecule has 4 amide bonds. The average Bonchev–Trinajstić information content (AvgIpc) is 2.90. The maximum absolute atomic E-state index is 12.5. The van der Waals surface area contributed by atoms with Crippen LogP contribution in [0.25, 0.3) is 6.08 Å². The Bertz CT molecular complexity index is 797. The molecule has 7 nitrogen and oxygen atoms in total. The second-order valence-electron chi connectivity index (χ2n) is 4.31. The number of halogens is 1. The molecule has 0 atom stereocenters. The number of amides is 4. The van der Waals surface area contributed by atoms with Crippen LogP contribution in [-0.2, 0) is 9.59 Å². The van der Waals surface area contributed by atoms with Gasteiger partial charge < -0.3 is 4.42 Å². The van der Waals surface area contributed by atoms with Crippen molar-refractivity contribution < 1.29 is 18.8 Å². The van der Waals surface area contributed by atoms with Crippen molar-refractivity contribution in [2.24, 2.45) is 0 Å². The lowest BCUT2D eigenvalue weighted by molar-refractivity contribution is -0.122. The first kappa shape index (κ1) is 14.4. The number of hydrogen-bond acceptors (Lipinski definition) is 5. The van der Waals surface area contributed by atoms with Gasteiger partial charge in [0.15, 0.2) is 3.77 Å². The van der Waals surface area contributed by atoms with Crippen molar-refractivity contribution in [3.05, 3.63) is 51.8 Å². The molecule has 1 aliphatic heterocycles. The van der Waals surface area contributed by atoms with Gasteiger partial charge in [-0.15, -0.1) is 0 Å². The van der Waals surface area contributed by atoms with Crippen LogP contribution in [0.4, 0.5) is 10.5 Å². The number of carbonyl (C=O) groups is 3. The number of anilines is 1. The smallest absolute Gasteiger partial charge is 0.336 e. The summed E-state index contributed by atoms with van der Waals surface area (Å²) in [6.07, 6.45) is 4.18. The molecule has 0 unspecified atom stereocenters. The highest BCUT2D eigenvalue weighted by Gasteiger charge is 2.37. The van der Waals surface area contributed by atoms with Crippen molar-refractivity contribution in [1.29, 1.82) is 0 Å². The molecule has 3 rings (SSSR count). The molecule has 0 spiro atoms. The van der Waals surface area contributed by atoms with E-state index < -0.39 is 17.8 Å². The Hall–Kier alpha value is -2.49. The summed E-state index contributed by atoms with van der Waals surface area (Å²) in [5.74, 6) is -1.14. The predicted molar refractivity (Wildman–Crippen MR) is 84.7 cm³/mol. The van der Waals surface area contributed by atoms with Gasteiger partial charge in [0.25, 0.3) is 11.8 Å². The van der Waals surface area contributed by atoms with Gasteiger partial charge in [0.1, 0.15) is 11.3 Å². The first-order chi connectivity index (χ1) is 10.6. The van der Waals surface area contributed by atoms with E-state index in [0.29, 0.717) is 9.53 Å². The number of barbiturate groups is 1. The topological polar surface area (TPSA) is 92.5 Å². The van der Waals surface area contributed by atoms with Crippen LogP contribution in [0, 0.1) is 3.77 Å². The van der Waals surface area contributed by atoms with E-state index in [4.69, 9.17) is 4.42 Å². The molecule has 0 bridgehead atoms. The number of nitrogens with zero attached hydrogens (tertiary/aromatic N) is 2. The van der Waals surface area contributed by atoms with Gasteiger partial charge in [-0.2, -0.15) is 0 Å². The van der Waals surface area contributed by atoms with Gasteiger partial charge in [-0.05, 0) is 52.9 Å². The van der Waals surface area contributed by atoms with Gasteiger partial charge in [-0.25, -0.2) is 9.69 Å². The molecule has 0 saturated carbocycles. The van der Waals surface area contributed by atoms with Crippen LogP contribution in [-0.4, -0.2) is 22.8 Å². The maximum Gasteiger partial charge on any atom is 0.336 e. The van der Waals surface area contributed by atoms with Crippen molar-refractivity contribution in [1.82, 2.24) is 10.3 Å². The first-order valence-corrected chi connectivity index (χ1v) is 7.21. The normalized spacial score (nSPS) is 17.0. The number of aromatic nitrogens is 1. The predicted octanol–water partition coefficient (Wildman–Crippen LogP) is 1.95. The van der Waals surface area contributed by atoms with E-state index in [9.17, 15) is 14.4 Å². The molecule has 1 fully saturated rings. The third kappa shape index (κ3) is 2.64. The molecule has 3 heterocycles. The van der Waals surface area contributed by atoms with Crippen LogP contribution in [0.2, 0.25) is 0 Å². The summed E-state index contributed by atoms with van der Waals surface area (Å²) in [5.41, 5.74) is 0.0895. The third-order valence-electron chi connectivity index (χ3n) is 2.89. The molecule has 1 saturated heterocycles. The molecule has 110 valence electrons. The minimum atomic E-state index is -0.811. The molecule has 2 aromatic heterocycles. The Labute approximate surface area is 138 Å². The molecule has 0 radical (unpaired) electrons. The summed E-state index contributed by atoms with van der Waals surface area (Å²) in [7, 11) is 0. The summed E-state index contributed by atoms with van der Waals surface area (Å²) >= 11 is 1.97. The van der Waals surface area contributed by atoms with Gasteiger partial charge in [0.2, 0.25) is 0 Å². The van der Waals surface area contributed by atoms with Gasteiger partial charge in [0, 0.05) is 6.20 Å². The molecule has 0 aromatic carbocycles. The van der Waals surface area contributed by atoms with Crippen LogP contribution in [0.1, 0.15) is 5.76 Å². The Morgan fingerprint density at radius 2 is 2.05 bits per heavy atom. The number of hydrogen-bond donors (Lipinski definition) is 1. The zero-order valence-electron chi connectivity index (χ0n) is 10.9. The highest BCUT2D eigenvalue weighted by atomic mass is 127. The fourth-order valence-electron chi connectivity index (χ4n) is 1.93. The summed E-state index contributed by atoms with van der Waals surface area (Å²) < 4.78 is 5.93. The second kappa shape index (κ2) is 5.72. The average molecular weight is 409 g/mol. The lowest BCUT2D eigenvalue weighted by Crippen LogP contribution is -2.54. The molecule has 1 N–H and O–H groups in total.